The second-order valence-corrected chi connectivity index (χ2v) is 13.5. The smallest absolute Gasteiger partial charge is 0.255 e. The average Bonchev–Trinajstić information content (AvgIpc) is 3.16. The molecular formula is C17H14Cl2N2O4S4. The van der Waals surface area contributed by atoms with Gasteiger partial charge in [0.1, 0.15) is 4.21 Å². The first kappa shape index (κ1) is 21.1. The largest absolute Gasteiger partial charge is 0.263 e. The molecular weight excluding hydrogens is 495 g/mol. The molecule has 1 aromatic carbocycles. The summed E-state index contributed by atoms with van der Waals surface area (Å²) in [4.78, 5) is 5.30. The molecule has 2 heterocycles. The van der Waals surface area contributed by atoms with E-state index in [0.29, 0.717) is 39.0 Å². The number of thiophene rings is 1. The highest BCUT2D eigenvalue weighted by Crippen LogP contribution is 2.48. The lowest BCUT2D eigenvalue weighted by atomic mass is 9.98. The number of benzene rings is 1. The fourth-order valence-electron chi connectivity index (χ4n) is 3.19. The van der Waals surface area contributed by atoms with Crippen LogP contribution in [0.3, 0.4) is 0 Å². The highest BCUT2D eigenvalue weighted by molar-refractivity contribution is 7.93. The minimum absolute atomic E-state index is 0.0641. The van der Waals surface area contributed by atoms with E-state index in [-0.39, 0.29) is 14.2 Å². The molecule has 0 spiro atoms. The molecule has 0 fully saturated rings. The molecule has 0 saturated heterocycles. The van der Waals surface area contributed by atoms with E-state index in [9.17, 15) is 16.8 Å². The number of thiazole rings is 1. The number of aromatic nitrogens is 1. The van der Waals surface area contributed by atoms with Crippen LogP contribution in [-0.2, 0) is 32.7 Å². The zero-order valence-electron chi connectivity index (χ0n) is 15.1. The number of sulfonamides is 1. The van der Waals surface area contributed by atoms with Crippen molar-refractivity contribution in [2.75, 3.05) is 11.0 Å². The Bertz CT molecular complexity index is 1360. The Morgan fingerprint density at radius 1 is 1.10 bits per heavy atom. The van der Waals surface area contributed by atoms with Crippen molar-refractivity contribution in [1.82, 2.24) is 4.98 Å². The summed E-state index contributed by atoms with van der Waals surface area (Å²) >= 11 is 14.5. The average molecular weight is 509 g/mol. The van der Waals surface area contributed by atoms with Gasteiger partial charge in [0.15, 0.2) is 15.0 Å². The monoisotopic (exact) mass is 508 g/mol. The van der Waals surface area contributed by atoms with Gasteiger partial charge in [-0.15, -0.1) is 22.7 Å². The van der Waals surface area contributed by atoms with E-state index in [1.165, 1.54) is 17.4 Å². The van der Waals surface area contributed by atoms with Crippen LogP contribution in [0.15, 0.2) is 27.3 Å². The van der Waals surface area contributed by atoms with Crippen LogP contribution >= 0.6 is 45.9 Å². The van der Waals surface area contributed by atoms with Gasteiger partial charge < -0.3 is 0 Å². The molecule has 0 atom stereocenters. The summed E-state index contributed by atoms with van der Waals surface area (Å²) in [7, 11) is -7.40. The van der Waals surface area contributed by atoms with Crippen molar-refractivity contribution in [2.45, 2.75) is 28.9 Å². The second-order valence-electron chi connectivity index (χ2n) is 6.55. The Morgan fingerprint density at radius 2 is 1.83 bits per heavy atom. The summed E-state index contributed by atoms with van der Waals surface area (Å²) in [5.41, 5.74) is 2.15. The van der Waals surface area contributed by atoms with Crippen LogP contribution in [0.4, 0.5) is 5.13 Å². The van der Waals surface area contributed by atoms with Gasteiger partial charge in [-0.1, -0.05) is 29.3 Å². The maximum absolute atomic E-state index is 12.8. The molecule has 0 aliphatic heterocycles. The number of nitrogens with zero attached hydrogens (tertiary/aromatic N) is 1. The third-order valence-corrected chi connectivity index (χ3v) is 10.9. The molecule has 1 aliphatic carbocycles. The number of nitrogens with one attached hydrogen (secondary N) is 1. The molecule has 0 unspecified atom stereocenters. The molecule has 0 saturated carbocycles. The summed E-state index contributed by atoms with van der Waals surface area (Å²) in [5.74, 6) is 0. The molecule has 12 heteroatoms. The number of halogens is 2. The quantitative estimate of drug-likeness (QED) is 0.546. The molecule has 0 bridgehead atoms. The number of fused-ring (bicyclic) bond motifs is 3. The third kappa shape index (κ3) is 3.70. The number of aryl methyl sites for hydroxylation is 1. The normalized spacial score (nSPS) is 13.8. The first-order valence-electron chi connectivity index (χ1n) is 8.28. The maximum atomic E-state index is 12.8. The molecule has 0 amide bonds. The zero-order chi connectivity index (χ0) is 21.1. The van der Waals surface area contributed by atoms with Crippen molar-refractivity contribution < 1.29 is 16.8 Å². The standard InChI is InChI=1S/C17H14Cl2N2O4S4/c1-8-10(18)4-3-5-12(8)29(24,25)21-17-20-14-11(26-17)7-6-9-13(14)16(27-15(9)19)28(2,22)23/h3-5H,6-7H2,1-2H3,(H,20,21). The number of sulfone groups is 1. The van der Waals surface area contributed by atoms with Gasteiger partial charge in [0.2, 0.25) is 0 Å². The summed E-state index contributed by atoms with van der Waals surface area (Å²) < 4.78 is 53.2. The number of rotatable bonds is 4. The van der Waals surface area contributed by atoms with Crippen LogP contribution in [0.1, 0.15) is 16.0 Å². The molecule has 154 valence electrons. The van der Waals surface area contributed by atoms with Gasteiger partial charge in [-0.2, -0.15) is 0 Å². The Balaban J connectivity index is 1.79. The second kappa shape index (κ2) is 7.21. The van der Waals surface area contributed by atoms with Crippen molar-refractivity contribution in [2.24, 2.45) is 0 Å². The maximum Gasteiger partial charge on any atom is 0.263 e. The summed E-state index contributed by atoms with van der Waals surface area (Å²) in [6.07, 6.45) is 2.31. The first-order chi connectivity index (χ1) is 13.5. The van der Waals surface area contributed by atoms with Crippen LogP contribution in [-0.4, -0.2) is 28.1 Å². The lowest BCUT2D eigenvalue weighted by Crippen LogP contribution is -2.14. The van der Waals surface area contributed by atoms with Crippen molar-refractivity contribution in [3.8, 4) is 11.3 Å². The van der Waals surface area contributed by atoms with Gasteiger partial charge in [0, 0.05) is 21.7 Å². The molecule has 4 rings (SSSR count). The molecule has 1 aliphatic rings. The van der Waals surface area contributed by atoms with Crippen LogP contribution < -0.4 is 4.72 Å². The van der Waals surface area contributed by atoms with Gasteiger partial charge >= 0.3 is 0 Å². The molecule has 29 heavy (non-hydrogen) atoms. The lowest BCUT2D eigenvalue weighted by Gasteiger charge is -2.12. The first-order valence-corrected chi connectivity index (χ1v) is 14.0. The van der Waals surface area contributed by atoms with Crippen LogP contribution in [0, 0.1) is 6.92 Å². The van der Waals surface area contributed by atoms with Crippen molar-refractivity contribution >= 4 is 70.9 Å². The van der Waals surface area contributed by atoms with Crippen molar-refractivity contribution in [3.05, 3.63) is 43.6 Å². The van der Waals surface area contributed by atoms with Gasteiger partial charge in [-0.3, -0.25) is 4.72 Å². The van der Waals surface area contributed by atoms with E-state index in [1.807, 2.05) is 0 Å². The third-order valence-electron chi connectivity index (χ3n) is 4.53. The van der Waals surface area contributed by atoms with E-state index in [0.717, 1.165) is 28.0 Å². The van der Waals surface area contributed by atoms with E-state index < -0.39 is 19.9 Å². The van der Waals surface area contributed by atoms with Gasteiger partial charge in [-0.25, -0.2) is 21.8 Å². The Hall–Kier alpha value is -1.17. The Kier molecular flexibility index (Phi) is 5.24. The minimum atomic E-state index is -3.90. The van der Waals surface area contributed by atoms with Crippen LogP contribution in [0.5, 0.6) is 0 Å². The molecule has 0 radical (unpaired) electrons. The van der Waals surface area contributed by atoms with E-state index in [1.54, 1.807) is 19.1 Å². The summed E-state index contributed by atoms with van der Waals surface area (Å²) in [5, 5.41) is 0.519. The van der Waals surface area contributed by atoms with Crippen molar-refractivity contribution in [1.29, 1.82) is 0 Å². The molecule has 1 N–H and O–H groups in total. The van der Waals surface area contributed by atoms with Crippen molar-refractivity contribution in [3.63, 3.8) is 0 Å². The predicted octanol–water partition coefficient (Wildman–Crippen LogP) is 4.79. The topological polar surface area (TPSA) is 93.2 Å². The highest BCUT2D eigenvalue weighted by atomic mass is 35.5. The van der Waals surface area contributed by atoms with Gasteiger partial charge in [-0.05, 0) is 43.0 Å². The number of hydrogen-bond acceptors (Lipinski definition) is 7. The van der Waals surface area contributed by atoms with E-state index >= 15 is 0 Å². The fourth-order valence-corrected chi connectivity index (χ4v) is 8.70. The zero-order valence-corrected chi connectivity index (χ0v) is 19.9. The van der Waals surface area contributed by atoms with Crippen LogP contribution in [0.25, 0.3) is 11.3 Å². The van der Waals surface area contributed by atoms with Gasteiger partial charge in [0.25, 0.3) is 10.0 Å². The Morgan fingerprint density at radius 3 is 2.52 bits per heavy atom. The van der Waals surface area contributed by atoms with E-state index in [2.05, 4.69) is 9.71 Å². The summed E-state index contributed by atoms with van der Waals surface area (Å²) in [6, 6.07) is 4.65. The lowest BCUT2D eigenvalue weighted by molar-refractivity contribution is 0.599. The SMILES string of the molecule is Cc1c(Cl)cccc1S(=O)(=O)Nc1nc2c(s1)CCc1c(Cl)sc(S(C)(=O)=O)c1-2. The molecule has 2 aromatic heterocycles. The fraction of sp³-hybridized carbons (Fsp3) is 0.235. The molecule has 6 nitrogen and oxygen atoms in total. The molecule has 3 aromatic rings. The summed E-state index contributed by atoms with van der Waals surface area (Å²) in [6.45, 7) is 1.63. The predicted molar refractivity (Wildman–Crippen MR) is 118 cm³/mol. The number of hydrogen-bond donors (Lipinski definition) is 1. The minimum Gasteiger partial charge on any atom is -0.255 e. The van der Waals surface area contributed by atoms with Gasteiger partial charge in [0.05, 0.1) is 14.9 Å². The highest BCUT2D eigenvalue weighted by Gasteiger charge is 2.32. The Labute approximate surface area is 186 Å². The number of anilines is 1. The van der Waals surface area contributed by atoms with Crippen LogP contribution in [0.2, 0.25) is 9.36 Å². The van der Waals surface area contributed by atoms with E-state index in [4.69, 9.17) is 23.2 Å².